The lowest BCUT2D eigenvalue weighted by Crippen LogP contribution is -2.19. The highest BCUT2D eigenvalue weighted by molar-refractivity contribution is 7.79. The summed E-state index contributed by atoms with van der Waals surface area (Å²) in [6, 6.07) is 25.0. The van der Waals surface area contributed by atoms with Crippen molar-refractivity contribution in [1.82, 2.24) is 4.98 Å². The van der Waals surface area contributed by atoms with Gasteiger partial charge in [-0.05, 0) is 47.9 Å². The third-order valence-electron chi connectivity index (χ3n) is 4.41. The number of aromatic nitrogens is 1. The van der Waals surface area contributed by atoms with Crippen LogP contribution in [0.25, 0.3) is 10.2 Å². The van der Waals surface area contributed by atoms with Crippen LogP contribution in [0.15, 0.2) is 78.9 Å². The molecular weight excluding hydrogens is 373 g/mol. The number of hydrogen-bond acceptors (Lipinski definition) is 4. The average molecular weight is 393 g/mol. The number of nitrogens with zero attached hydrogens (tertiary/aromatic N) is 1. The standard InChI is InChI=1S/C22H20NO2PS/c1-16(2)17-12-14-18(15-13-17)25-26(24,19-8-4-3-5-9-19)22-23-20-10-6-7-11-21(20)27-22/h3-16H,1-2H3/t26-/m1/s1. The van der Waals surface area contributed by atoms with E-state index in [0.717, 1.165) is 10.2 Å². The fourth-order valence-electron chi connectivity index (χ4n) is 2.87. The van der Waals surface area contributed by atoms with Gasteiger partial charge in [-0.1, -0.05) is 56.3 Å². The van der Waals surface area contributed by atoms with Crippen molar-refractivity contribution in [2.24, 2.45) is 0 Å². The van der Waals surface area contributed by atoms with E-state index >= 15 is 0 Å². The summed E-state index contributed by atoms with van der Waals surface area (Å²) in [7, 11) is -3.35. The molecule has 0 fully saturated rings. The van der Waals surface area contributed by atoms with Crippen LogP contribution in [-0.2, 0) is 4.57 Å². The molecule has 5 heteroatoms. The summed E-state index contributed by atoms with van der Waals surface area (Å²) in [6.45, 7) is 4.29. The Kier molecular flexibility index (Phi) is 4.86. The quantitative estimate of drug-likeness (QED) is 0.407. The van der Waals surface area contributed by atoms with E-state index in [1.807, 2.05) is 78.9 Å². The monoisotopic (exact) mass is 393 g/mol. The van der Waals surface area contributed by atoms with Gasteiger partial charge in [0.05, 0.1) is 15.5 Å². The van der Waals surface area contributed by atoms with Crippen molar-refractivity contribution in [3.05, 3.63) is 84.4 Å². The molecule has 0 aliphatic heterocycles. The van der Waals surface area contributed by atoms with Gasteiger partial charge in [0, 0.05) is 0 Å². The summed E-state index contributed by atoms with van der Waals surface area (Å²) in [5.74, 6) is 1.02. The predicted molar refractivity (Wildman–Crippen MR) is 114 cm³/mol. The molecule has 1 heterocycles. The number of hydrogen-bond donors (Lipinski definition) is 0. The van der Waals surface area contributed by atoms with Gasteiger partial charge in [0.25, 0.3) is 0 Å². The molecule has 4 aromatic rings. The van der Waals surface area contributed by atoms with E-state index in [1.54, 1.807) is 0 Å². The maximum absolute atomic E-state index is 14.1. The van der Waals surface area contributed by atoms with E-state index in [1.165, 1.54) is 16.9 Å². The van der Waals surface area contributed by atoms with Crippen molar-refractivity contribution in [1.29, 1.82) is 0 Å². The largest absolute Gasteiger partial charge is 0.435 e. The van der Waals surface area contributed by atoms with Crippen LogP contribution in [0.1, 0.15) is 25.3 Å². The molecule has 0 radical (unpaired) electrons. The average Bonchev–Trinajstić information content (AvgIpc) is 3.14. The highest BCUT2D eigenvalue weighted by atomic mass is 32.1. The highest BCUT2D eigenvalue weighted by Gasteiger charge is 2.34. The summed E-state index contributed by atoms with van der Waals surface area (Å²) < 4.78 is 21.8. The van der Waals surface area contributed by atoms with Crippen LogP contribution in [0.3, 0.4) is 0 Å². The fraction of sp³-hybridized carbons (Fsp3) is 0.136. The SMILES string of the molecule is CC(C)c1ccc(O[P@](=O)(c2ccccc2)c2nc3ccccc3s2)cc1. The lowest BCUT2D eigenvalue weighted by molar-refractivity contribution is 0.502. The Bertz CT molecular complexity index is 1070. The first kappa shape index (κ1) is 18.0. The van der Waals surface area contributed by atoms with Crippen LogP contribution in [0.2, 0.25) is 0 Å². The maximum atomic E-state index is 14.1. The summed E-state index contributed by atoms with van der Waals surface area (Å²) in [6.07, 6.45) is 0. The summed E-state index contributed by atoms with van der Waals surface area (Å²) in [5, 5.41) is 0.650. The normalized spacial score (nSPS) is 13.6. The topological polar surface area (TPSA) is 39.2 Å². The lowest BCUT2D eigenvalue weighted by Gasteiger charge is -2.18. The summed E-state index contributed by atoms with van der Waals surface area (Å²) >= 11 is 1.43. The Labute approximate surface area is 163 Å². The molecule has 0 unspecified atom stereocenters. The first-order valence-corrected chi connectivity index (χ1v) is 11.3. The molecule has 136 valence electrons. The molecule has 0 spiro atoms. The van der Waals surface area contributed by atoms with Gasteiger partial charge in [-0.3, -0.25) is 4.57 Å². The zero-order valence-electron chi connectivity index (χ0n) is 15.2. The van der Waals surface area contributed by atoms with Crippen molar-refractivity contribution in [2.75, 3.05) is 0 Å². The number of fused-ring (bicyclic) bond motifs is 1. The first-order chi connectivity index (χ1) is 13.1. The van der Waals surface area contributed by atoms with E-state index in [2.05, 4.69) is 18.8 Å². The van der Waals surface area contributed by atoms with Crippen molar-refractivity contribution < 1.29 is 9.09 Å². The minimum Gasteiger partial charge on any atom is -0.435 e. The predicted octanol–water partition coefficient (Wildman–Crippen LogP) is 5.73. The molecule has 0 bridgehead atoms. The Morgan fingerprint density at radius 3 is 2.22 bits per heavy atom. The molecule has 1 aromatic heterocycles. The van der Waals surface area contributed by atoms with Gasteiger partial charge >= 0.3 is 7.37 Å². The van der Waals surface area contributed by atoms with E-state index in [4.69, 9.17) is 4.52 Å². The Balaban J connectivity index is 1.80. The second-order valence-electron chi connectivity index (χ2n) is 6.67. The van der Waals surface area contributed by atoms with Crippen LogP contribution in [-0.4, -0.2) is 4.98 Å². The van der Waals surface area contributed by atoms with Gasteiger partial charge in [-0.15, -0.1) is 11.3 Å². The van der Waals surface area contributed by atoms with E-state index < -0.39 is 7.37 Å². The zero-order valence-corrected chi connectivity index (χ0v) is 16.9. The molecule has 3 aromatic carbocycles. The number of thiazole rings is 1. The van der Waals surface area contributed by atoms with Gasteiger partial charge in [0.15, 0.2) is 4.75 Å². The molecule has 1 atom stereocenters. The molecule has 0 saturated heterocycles. The smallest absolute Gasteiger partial charge is 0.334 e. The number of para-hydroxylation sites is 1. The minimum absolute atomic E-state index is 0.434. The Morgan fingerprint density at radius 1 is 0.889 bits per heavy atom. The molecule has 27 heavy (non-hydrogen) atoms. The van der Waals surface area contributed by atoms with Crippen molar-refractivity contribution >= 4 is 39.0 Å². The highest BCUT2D eigenvalue weighted by Crippen LogP contribution is 2.47. The number of benzene rings is 3. The first-order valence-electron chi connectivity index (χ1n) is 8.87. The molecule has 4 rings (SSSR count). The molecule has 0 aliphatic carbocycles. The summed E-state index contributed by atoms with van der Waals surface area (Å²) in [4.78, 5) is 4.63. The minimum atomic E-state index is -3.35. The third-order valence-corrected chi connectivity index (χ3v) is 8.29. The van der Waals surface area contributed by atoms with Crippen molar-refractivity contribution in [3.8, 4) is 5.75 Å². The van der Waals surface area contributed by atoms with E-state index in [-0.39, 0.29) is 0 Å². The maximum Gasteiger partial charge on any atom is 0.334 e. The van der Waals surface area contributed by atoms with Gasteiger partial charge in [-0.2, -0.15) is 0 Å². The third kappa shape index (κ3) is 3.55. The van der Waals surface area contributed by atoms with E-state index in [9.17, 15) is 4.57 Å². The second-order valence-corrected chi connectivity index (χ2v) is 10.2. The summed E-state index contributed by atoms with van der Waals surface area (Å²) in [5.41, 5.74) is 2.06. The molecule has 0 aliphatic rings. The molecular formula is C22H20NO2PS. The Hall–Kier alpha value is -2.42. The lowest BCUT2D eigenvalue weighted by atomic mass is 10.0. The van der Waals surface area contributed by atoms with E-state index in [0.29, 0.717) is 21.7 Å². The fourth-order valence-corrected chi connectivity index (χ4v) is 6.41. The number of rotatable bonds is 5. The van der Waals surface area contributed by atoms with Gasteiger partial charge in [0.2, 0.25) is 0 Å². The molecule has 0 saturated carbocycles. The zero-order chi connectivity index (χ0) is 18.9. The van der Waals surface area contributed by atoms with Gasteiger partial charge < -0.3 is 4.52 Å². The van der Waals surface area contributed by atoms with Crippen LogP contribution in [0, 0.1) is 0 Å². The Morgan fingerprint density at radius 2 is 1.56 bits per heavy atom. The second kappa shape index (κ2) is 7.30. The molecule has 3 nitrogen and oxygen atoms in total. The molecule has 0 N–H and O–H groups in total. The van der Waals surface area contributed by atoms with Gasteiger partial charge in [-0.25, -0.2) is 4.98 Å². The van der Waals surface area contributed by atoms with Gasteiger partial charge in [0.1, 0.15) is 5.75 Å². The van der Waals surface area contributed by atoms with Crippen molar-refractivity contribution in [3.63, 3.8) is 0 Å². The molecule has 0 amide bonds. The van der Waals surface area contributed by atoms with Crippen LogP contribution in [0.5, 0.6) is 5.75 Å². The van der Waals surface area contributed by atoms with Crippen LogP contribution < -0.4 is 14.6 Å². The van der Waals surface area contributed by atoms with Crippen LogP contribution >= 0.6 is 18.7 Å². The van der Waals surface area contributed by atoms with Crippen LogP contribution in [0.4, 0.5) is 0 Å². The van der Waals surface area contributed by atoms with Crippen molar-refractivity contribution in [2.45, 2.75) is 19.8 Å².